The summed E-state index contributed by atoms with van der Waals surface area (Å²) in [6.07, 6.45) is 0. The first-order valence-electron chi connectivity index (χ1n) is 5.07. The number of phenols is 1. The van der Waals surface area contributed by atoms with Crippen molar-refractivity contribution in [2.45, 2.75) is 0 Å². The minimum Gasteiger partial charge on any atom is -0.506 e. The fourth-order valence-electron chi connectivity index (χ4n) is 1.67. The predicted molar refractivity (Wildman–Crippen MR) is 66.5 cm³/mol. The lowest BCUT2D eigenvalue weighted by molar-refractivity contribution is 0.100. The second kappa shape index (κ2) is 4.17. The smallest absolute Gasteiger partial charge is 0.249 e. The maximum absolute atomic E-state index is 11.3. The van der Waals surface area contributed by atoms with E-state index >= 15 is 0 Å². The van der Waals surface area contributed by atoms with Crippen molar-refractivity contribution in [3.05, 3.63) is 48.0 Å². The molecular formula is C13H12N2O2. The highest BCUT2D eigenvalue weighted by Crippen LogP contribution is 2.29. The molecule has 0 unspecified atom stereocenters. The van der Waals surface area contributed by atoms with Gasteiger partial charge >= 0.3 is 0 Å². The number of aromatic hydroxyl groups is 1. The van der Waals surface area contributed by atoms with E-state index in [0.29, 0.717) is 11.1 Å². The molecule has 0 aliphatic carbocycles. The van der Waals surface area contributed by atoms with Crippen molar-refractivity contribution in [3.63, 3.8) is 0 Å². The molecule has 0 bridgehead atoms. The van der Waals surface area contributed by atoms with Gasteiger partial charge in [0.25, 0.3) is 0 Å². The number of primary amides is 1. The minimum atomic E-state index is -0.493. The van der Waals surface area contributed by atoms with Gasteiger partial charge in [-0.3, -0.25) is 4.79 Å². The fourth-order valence-corrected chi connectivity index (χ4v) is 1.67. The van der Waals surface area contributed by atoms with Gasteiger partial charge in [0, 0.05) is 5.56 Å². The van der Waals surface area contributed by atoms with Crippen LogP contribution in [0.25, 0.3) is 11.1 Å². The molecule has 0 aliphatic rings. The summed E-state index contributed by atoms with van der Waals surface area (Å²) in [6, 6.07) is 11.8. The Hall–Kier alpha value is -2.49. The van der Waals surface area contributed by atoms with Gasteiger partial charge < -0.3 is 16.6 Å². The Morgan fingerprint density at radius 3 is 2.47 bits per heavy atom. The van der Waals surface area contributed by atoms with Crippen LogP contribution in [0.3, 0.4) is 0 Å². The number of nitrogen functional groups attached to an aromatic ring is 1. The first-order chi connectivity index (χ1) is 8.09. The SMILES string of the molecule is NC(=O)c1ccccc1-c1ccc(O)c(N)c1. The summed E-state index contributed by atoms with van der Waals surface area (Å²) >= 11 is 0. The zero-order valence-electron chi connectivity index (χ0n) is 9.05. The number of amides is 1. The third-order valence-electron chi connectivity index (χ3n) is 2.53. The van der Waals surface area contributed by atoms with Crippen molar-refractivity contribution in [2.24, 2.45) is 5.73 Å². The maximum atomic E-state index is 11.3. The number of hydrogen-bond donors (Lipinski definition) is 3. The van der Waals surface area contributed by atoms with Gasteiger partial charge in [0.1, 0.15) is 5.75 Å². The molecule has 2 rings (SSSR count). The third kappa shape index (κ3) is 2.06. The van der Waals surface area contributed by atoms with Crippen LogP contribution in [-0.2, 0) is 0 Å². The Morgan fingerprint density at radius 2 is 1.82 bits per heavy atom. The zero-order valence-corrected chi connectivity index (χ0v) is 9.05. The Kier molecular flexibility index (Phi) is 2.70. The molecule has 0 saturated carbocycles. The molecule has 0 radical (unpaired) electrons. The van der Waals surface area contributed by atoms with Crippen LogP contribution in [0.5, 0.6) is 5.75 Å². The van der Waals surface area contributed by atoms with Crippen molar-refractivity contribution >= 4 is 11.6 Å². The molecule has 4 heteroatoms. The second-order valence-corrected chi connectivity index (χ2v) is 3.68. The van der Waals surface area contributed by atoms with E-state index in [0.717, 1.165) is 5.56 Å². The normalized spacial score (nSPS) is 10.1. The average molecular weight is 228 g/mol. The quantitative estimate of drug-likeness (QED) is 0.540. The number of rotatable bonds is 2. The fraction of sp³-hybridized carbons (Fsp3) is 0. The summed E-state index contributed by atoms with van der Waals surface area (Å²) in [5, 5.41) is 9.35. The summed E-state index contributed by atoms with van der Waals surface area (Å²) in [7, 11) is 0. The largest absolute Gasteiger partial charge is 0.506 e. The molecule has 0 atom stereocenters. The number of anilines is 1. The Morgan fingerprint density at radius 1 is 1.12 bits per heavy atom. The molecule has 2 aromatic rings. The first kappa shape index (κ1) is 11.0. The lowest BCUT2D eigenvalue weighted by Crippen LogP contribution is -2.12. The van der Waals surface area contributed by atoms with Crippen molar-refractivity contribution in [2.75, 3.05) is 5.73 Å². The van der Waals surface area contributed by atoms with Gasteiger partial charge in [0.2, 0.25) is 5.91 Å². The first-order valence-corrected chi connectivity index (χ1v) is 5.07. The van der Waals surface area contributed by atoms with Crippen LogP contribution < -0.4 is 11.5 Å². The molecule has 0 fully saturated rings. The molecule has 0 aliphatic heterocycles. The highest BCUT2D eigenvalue weighted by molar-refractivity contribution is 6.00. The average Bonchev–Trinajstić information content (AvgIpc) is 2.32. The number of phenolic OH excluding ortho intramolecular Hbond substituents is 1. The lowest BCUT2D eigenvalue weighted by atomic mass is 9.99. The molecule has 1 amide bonds. The minimum absolute atomic E-state index is 0.0188. The summed E-state index contributed by atoms with van der Waals surface area (Å²) < 4.78 is 0. The van der Waals surface area contributed by atoms with Crippen LogP contribution in [0.2, 0.25) is 0 Å². The standard InChI is InChI=1S/C13H12N2O2/c14-11-7-8(5-6-12(11)16)9-3-1-2-4-10(9)13(15)17/h1-7,16H,14H2,(H2,15,17). The summed E-state index contributed by atoms with van der Waals surface area (Å²) in [4.78, 5) is 11.3. The summed E-state index contributed by atoms with van der Waals surface area (Å²) in [6.45, 7) is 0. The molecule has 0 saturated heterocycles. The van der Waals surface area contributed by atoms with Gasteiger partial charge in [-0.1, -0.05) is 24.3 Å². The third-order valence-corrected chi connectivity index (χ3v) is 2.53. The molecule has 2 aromatic carbocycles. The van der Waals surface area contributed by atoms with Gasteiger partial charge in [-0.05, 0) is 29.3 Å². The molecule has 5 N–H and O–H groups in total. The van der Waals surface area contributed by atoms with E-state index in [4.69, 9.17) is 11.5 Å². The Balaban J connectivity index is 2.60. The highest BCUT2D eigenvalue weighted by Gasteiger charge is 2.09. The van der Waals surface area contributed by atoms with Crippen LogP contribution >= 0.6 is 0 Å². The van der Waals surface area contributed by atoms with Crippen LogP contribution in [0.1, 0.15) is 10.4 Å². The van der Waals surface area contributed by atoms with Gasteiger partial charge in [0.15, 0.2) is 0 Å². The van der Waals surface area contributed by atoms with E-state index in [1.165, 1.54) is 6.07 Å². The van der Waals surface area contributed by atoms with Crippen molar-refractivity contribution in [3.8, 4) is 16.9 Å². The zero-order chi connectivity index (χ0) is 12.4. The number of hydrogen-bond acceptors (Lipinski definition) is 3. The topological polar surface area (TPSA) is 89.3 Å². The van der Waals surface area contributed by atoms with E-state index in [2.05, 4.69) is 0 Å². The molecule has 4 nitrogen and oxygen atoms in total. The second-order valence-electron chi connectivity index (χ2n) is 3.68. The van der Waals surface area contributed by atoms with Gasteiger partial charge in [-0.25, -0.2) is 0 Å². The van der Waals surface area contributed by atoms with E-state index in [1.54, 1.807) is 30.3 Å². The molecule has 0 aromatic heterocycles. The summed E-state index contributed by atoms with van der Waals surface area (Å²) in [5.74, 6) is -0.474. The van der Waals surface area contributed by atoms with Gasteiger partial charge in [0.05, 0.1) is 5.69 Å². The molecular weight excluding hydrogens is 216 g/mol. The van der Waals surface area contributed by atoms with Crippen molar-refractivity contribution in [1.29, 1.82) is 0 Å². The van der Waals surface area contributed by atoms with Gasteiger partial charge in [-0.15, -0.1) is 0 Å². The van der Waals surface area contributed by atoms with Crippen molar-refractivity contribution in [1.82, 2.24) is 0 Å². The van der Waals surface area contributed by atoms with E-state index in [1.807, 2.05) is 6.07 Å². The monoisotopic (exact) mass is 228 g/mol. The molecule has 0 heterocycles. The predicted octanol–water partition coefficient (Wildman–Crippen LogP) is 1.74. The Bertz CT molecular complexity index is 579. The van der Waals surface area contributed by atoms with Crippen molar-refractivity contribution < 1.29 is 9.90 Å². The van der Waals surface area contributed by atoms with E-state index < -0.39 is 5.91 Å². The number of benzene rings is 2. The highest BCUT2D eigenvalue weighted by atomic mass is 16.3. The number of carbonyl (C=O) groups excluding carboxylic acids is 1. The van der Waals surface area contributed by atoms with Crippen LogP contribution in [0.4, 0.5) is 5.69 Å². The molecule has 0 spiro atoms. The van der Waals surface area contributed by atoms with Crippen LogP contribution in [0, 0.1) is 0 Å². The summed E-state index contributed by atoms with van der Waals surface area (Å²) in [5.41, 5.74) is 13.1. The molecule has 17 heavy (non-hydrogen) atoms. The lowest BCUT2D eigenvalue weighted by Gasteiger charge is -2.08. The number of nitrogens with two attached hydrogens (primary N) is 2. The number of carbonyl (C=O) groups is 1. The van der Waals surface area contributed by atoms with E-state index in [-0.39, 0.29) is 11.4 Å². The maximum Gasteiger partial charge on any atom is 0.249 e. The molecule has 86 valence electrons. The van der Waals surface area contributed by atoms with E-state index in [9.17, 15) is 9.90 Å². The van der Waals surface area contributed by atoms with Gasteiger partial charge in [-0.2, -0.15) is 0 Å². The van der Waals surface area contributed by atoms with Crippen LogP contribution in [0.15, 0.2) is 42.5 Å². The Labute approximate surface area is 98.5 Å². The van der Waals surface area contributed by atoms with Crippen LogP contribution in [-0.4, -0.2) is 11.0 Å².